The van der Waals surface area contributed by atoms with Crippen LogP contribution in [-0.4, -0.2) is 39.6 Å². The van der Waals surface area contributed by atoms with Gasteiger partial charge in [0.15, 0.2) is 23.0 Å². The molecule has 161 valence electrons. The fourth-order valence-corrected chi connectivity index (χ4v) is 4.42. The number of rotatable bonds is 5. The van der Waals surface area contributed by atoms with Crippen LogP contribution < -0.4 is 23.7 Å². The quantitative estimate of drug-likeness (QED) is 0.586. The van der Waals surface area contributed by atoms with Gasteiger partial charge in [0.05, 0.1) is 21.3 Å². The molecule has 8 heteroatoms. The van der Waals surface area contributed by atoms with E-state index in [0.717, 1.165) is 11.1 Å². The van der Waals surface area contributed by atoms with Crippen LogP contribution in [-0.2, 0) is 37.5 Å². The number of hydrogen-bond donors (Lipinski definition) is 0. The predicted molar refractivity (Wildman–Crippen MR) is 111 cm³/mol. The minimum Gasteiger partial charge on any atom is -0.809 e. The first-order chi connectivity index (χ1) is 14.4. The fraction of sp³-hybridized carbons (Fsp3) is 0.348. The predicted octanol–water partition coefficient (Wildman–Crippen LogP) is 3.60. The van der Waals surface area contributed by atoms with Gasteiger partial charge in [-0.1, -0.05) is 0 Å². The van der Waals surface area contributed by atoms with Gasteiger partial charge >= 0.3 is 0 Å². The van der Waals surface area contributed by atoms with Crippen LogP contribution in [0.5, 0.6) is 28.7 Å². The molecule has 0 saturated carbocycles. The summed E-state index contributed by atoms with van der Waals surface area (Å²) in [6.07, 6.45) is 0. The molecule has 1 radical (unpaired) electrons. The molecule has 1 heterocycles. The second-order valence-corrected chi connectivity index (χ2v) is 7.36. The monoisotopic (exact) mass is 498 g/mol. The smallest absolute Gasteiger partial charge is 0.231 e. The molecule has 0 amide bonds. The minimum absolute atomic E-state index is 0. The van der Waals surface area contributed by atoms with Crippen LogP contribution >= 0.6 is 0 Å². The molecule has 0 spiro atoms. The number of benzene rings is 2. The van der Waals surface area contributed by atoms with Crippen LogP contribution in [0.3, 0.4) is 0 Å². The summed E-state index contributed by atoms with van der Waals surface area (Å²) in [7, 11) is 4.62. The maximum atomic E-state index is 12.7. The van der Waals surface area contributed by atoms with Gasteiger partial charge in [0, 0.05) is 44.5 Å². The zero-order valence-electron chi connectivity index (χ0n) is 17.9. The second kappa shape index (κ2) is 9.17. The molecule has 3 atom stereocenters. The minimum atomic E-state index is -0.625. The zero-order valence-corrected chi connectivity index (χ0v) is 20.8. The Hall–Kier alpha value is -2.12. The average molecular weight is 498 g/mol. The molecular weight excluding hydrogens is 475 g/mol. The van der Waals surface area contributed by atoms with Crippen LogP contribution in [0.25, 0.3) is 5.41 Å². The molecule has 0 aromatic heterocycles. The van der Waals surface area contributed by atoms with Crippen molar-refractivity contribution in [3.05, 3.63) is 53.3 Å². The summed E-state index contributed by atoms with van der Waals surface area (Å²) in [6.45, 7) is 5.72. The SMILES string of the molecule is [CH2-][C@@H]1C(=[N-])c2cc3c(cc2[C@@H](c2cc(OC)c(OC)c(OC)c2)[C@H]1C(C)=O)OCO3.[Y]. The average Bonchev–Trinajstić information content (AvgIpc) is 3.21. The van der Waals surface area contributed by atoms with Gasteiger partial charge in [-0.3, -0.25) is 4.79 Å². The van der Waals surface area contributed by atoms with Crippen LogP contribution in [0, 0.1) is 18.8 Å². The van der Waals surface area contributed by atoms with Gasteiger partial charge in [-0.25, -0.2) is 0 Å². The molecule has 0 bridgehead atoms. The van der Waals surface area contributed by atoms with Crippen molar-refractivity contribution in [2.75, 3.05) is 28.1 Å². The molecular formula is C23H23NO6Y-2. The van der Waals surface area contributed by atoms with E-state index in [4.69, 9.17) is 23.7 Å². The topological polar surface area (TPSA) is 85.5 Å². The number of hydrogen-bond acceptors (Lipinski definition) is 6. The number of nitrogens with zero attached hydrogens (tertiary/aromatic N) is 1. The van der Waals surface area contributed by atoms with E-state index in [1.807, 2.05) is 18.2 Å². The first-order valence-electron chi connectivity index (χ1n) is 9.54. The van der Waals surface area contributed by atoms with E-state index in [9.17, 15) is 10.2 Å². The summed E-state index contributed by atoms with van der Waals surface area (Å²) < 4.78 is 27.5. The Morgan fingerprint density at radius 1 is 1.03 bits per heavy atom. The van der Waals surface area contributed by atoms with Gasteiger partial charge in [0.25, 0.3) is 0 Å². The number of carbonyl (C=O) groups is 1. The molecule has 7 nitrogen and oxygen atoms in total. The Morgan fingerprint density at radius 3 is 2.13 bits per heavy atom. The van der Waals surface area contributed by atoms with Gasteiger partial charge in [0.2, 0.25) is 12.5 Å². The third kappa shape index (κ3) is 3.83. The molecule has 0 unspecified atom stereocenters. The summed E-state index contributed by atoms with van der Waals surface area (Å²) in [5.41, 5.74) is 2.19. The van der Waals surface area contributed by atoms with E-state index in [2.05, 4.69) is 6.92 Å². The van der Waals surface area contributed by atoms with Crippen LogP contribution in [0.2, 0.25) is 0 Å². The van der Waals surface area contributed by atoms with Crippen LogP contribution in [0.4, 0.5) is 0 Å². The largest absolute Gasteiger partial charge is 0.809 e. The number of fused-ring (bicyclic) bond motifs is 2. The zero-order chi connectivity index (χ0) is 21.6. The van der Waals surface area contributed by atoms with Crippen LogP contribution in [0.15, 0.2) is 24.3 Å². The maximum absolute atomic E-state index is 12.7. The molecule has 2 aliphatic rings. The Kier molecular flexibility index (Phi) is 6.96. The first kappa shape index (κ1) is 23.5. The molecule has 0 fully saturated rings. The summed E-state index contributed by atoms with van der Waals surface area (Å²) in [4.78, 5) is 12.7. The standard InChI is InChI=1S/C23H23NO6.Y/c1-11-20(12(2)25)21(13-6-18(26-3)23(28-5)19(7-13)27-4)14-8-16-17(30-10-29-16)9-15(14)22(11)24;/h6-9,11,20-21H,1,10H2,2-5H3;/q-2;/t11-,20+,21+;/m0./s1. The fourth-order valence-electron chi connectivity index (χ4n) is 4.42. The number of carbonyl (C=O) groups excluding carboxylic acids is 1. The Balaban J connectivity index is 0.00000272. The molecule has 1 aliphatic heterocycles. The molecule has 2 aromatic carbocycles. The molecule has 1 aliphatic carbocycles. The van der Waals surface area contributed by atoms with Gasteiger partial charge in [-0.2, -0.15) is 11.6 Å². The van der Waals surface area contributed by atoms with Crippen molar-refractivity contribution >= 4 is 11.5 Å². The summed E-state index contributed by atoms with van der Waals surface area (Å²) in [5.74, 6) is 0.862. The number of ketones is 1. The van der Waals surface area contributed by atoms with Crippen molar-refractivity contribution in [1.82, 2.24) is 0 Å². The van der Waals surface area contributed by atoms with Crippen molar-refractivity contribution in [2.45, 2.75) is 12.8 Å². The number of methoxy groups -OCH3 is 3. The normalized spacial score (nSPS) is 21.1. The summed E-state index contributed by atoms with van der Waals surface area (Å²) in [6, 6.07) is 7.22. The first-order valence-corrected chi connectivity index (χ1v) is 9.54. The number of Topliss-reactive ketones (excluding diaryl/α,β-unsaturated/α-hetero) is 1. The van der Waals surface area contributed by atoms with E-state index in [0.29, 0.717) is 34.3 Å². The van der Waals surface area contributed by atoms with Gasteiger partial charge in [-0.05, 0) is 47.9 Å². The van der Waals surface area contributed by atoms with Gasteiger partial charge < -0.3 is 36.0 Å². The Labute approximate surface area is 206 Å². The third-order valence-corrected chi connectivity index (χ3v) is 5.82. The van der Waals surface area contributed by atoms with E-state index < -0.39 is 17.8 Å². The Morgan fingerprint density at radius 2 is 1.61 bits per heavy atom. The molecule has 0 saturated heterocycles. The summed E-state index contributed by atoms with van der Waals surface area (Å²) in [5, 5.41) is 10.9. The third-order valence-electron chi connectivity index (χ3n) is 5.82. The van der Waals surface area contributed by atoms with Crippen LogP contribution in [0.1, 0.15) is 29.5 Å². The van der Waals surface area contributed by atoms with E-state index >= 15 is 0 Å². The van der Waals surface area contributed by atoms with E-state index in [1.165, 1.54) is 14.0 Å². The molecule has 0 N–H and O–H groups in total. The maximum Gasteiger partial charge on any atom is 0.231 e. The van der Waals surface area contributed by atoms with E-state index in [-0.39, 0.29) is 51.0 Å². The van der Waals surface area contributed by atoms with E-state index in [1.54, 1.807) is 20.3 Å². The van der Waals surface area contributed by atoms with Gasteiger partial charge in [0.1, 0.15) is 5.78 Å². The van der Waals surface area contributed by atoms with Gasteiger partial charge in [-0.15, -0.1) is 0 Å². The van der Waals surface area contributed by atoms with Crippen molar-refractivity contribution < 1.29 is 61.2 Å². The van der Waals surface area contributed by atoms with Crippen molar-refractivity contribution in [2.24, 2.45) is 11.8 Å². The molecule has 4 rings (SSSR count). The Bertz CT molecular complexity index is 1010. The summed E-state index contributed by atoms with van der Waals surface area (Å²) >= 11 is 0. The molecule has 31 heavy (non-hydrogen) atoms. The second-order valence-electron chi connectivity index (χ2n) is 7.36. The molecule has 2 aromatic rings. The van der Waals surface area contributed by atoms with Crippen molar-refractivity contribution in [3.63, 3.8) is 0 Å². The number of ether oxygens (including phenoxy) is 5. The van der Waals surface area contributed by atoms with Crippen molar-refractivity contribution in [3.8, 4) is 28.7 Å². The van der Waals surface area contributed by atoms with Crippen molar-refractivity contribution in [1.29, 1.82) is 0 Å².